The lowest BCUT2D eigenvalue weighted by atomic mass is 10.1. The van der Waals surface area contributed by atoms with Crippen LogP contribution in [0.4, 0.5) is 5.69 Å². The molecule has 4 heteroatoms. The summed E-state index contributed by atoms with van der Waals surface area (Å²) in [6.07, 6.45) is 1.66. The lowest BCUT2D eigenvalue weighted by Crippen LogP contribution is -2.14. The third-order valence-corrected chi connectivity index (χ3v) is 4.22. The molecule has 0 bridgehead atoms. The Kier molecular flexibility index (Phi) is 5.25. The van der Waals surface area contributed by atoms with Crippen LogP contribution in [0.5, 0.6) is 0 Å². The Morgan fingerprint density at radius 3 is 2.50 bits per heavy atom. The predicted molar refractivity (Wildman–Crippen MR) is 97.7 cm³/mol. The first kappa shape index (κ1) is 17.6. The number of rotatable bonds is 4. The molecule has 2 aromatic rings. The summed E-state index contributed by atoms with van der Waals surface area (Å²) in [5.41, 5.74) is 6.02. The maximum absolute atomic E-state index is 12.4. The molecule has 1 N–H and O–H groups in total. The van der Waals surface area contributed by atoms with Gasteiger partial charge < -0.3 is 9.88 Å². The quantitative estimate of drug-likeness (QED) is 0.674. The SMILES string of the molecule is CCn1c(C)cc(/C=C(/C#N)C(=O)Nc2ccc(C)cc2C)c1C. The molecular weight excluding hydrogens is 298 g/mol. The normalized spacial score (nSPS) is 11.2. The van der Waals surface area contributed by atoms with E-state index in [0.717, 1.165) is 40.3 Å². The molecule has 0 aliphatic heterocycles. The average Bonchev–Trinajstić information content (AvgIpc) is 2.80. The van der Waals surface area contributed by atoms with Gasteiger partial charge in [0.1, 0.15) is 11.6 Å². The number of carbonyl (C=O) groups excluding carboxylic acids is 1. The predicted octanol–water partition coefficient (Wildman–Crippen LogP) is 4.29. The van der Waals surface area contributed by atoms with E-state index in [-0.39, 0.29) is 11.5 Å². The molecule has 0 saturated heterocycles. The number of hydrogen-bond donors (Lipinski definition) is 1. The van der Waals surface area contributed by atoms with Gasteiger partial charge in [-0.25, -0.2) is 0 Å². The fraction of sp³-hybridized carbons (Fsp3) is 0.300. The number of anilines is 1. The number of carbonyl (C=O) groups is 1. The van der Waals surface area contributed by atoms with Crippen molar-refractivity contribution >= 4 is 17.7 Å². The first-order valence-electron chi connectivity index (χ1n) is 8.04. The Labute approximate surface area is 143 Å². The van der Waals surface area contributed by atoms with Gasteiger partial charge in [0.05, 0.1) is 0 Å². The van der Waals surface area contributed by atoms with Gasteiger partial charge in [0, 0.05) is 23.6 Å². The van der Waals surface area contributed by atoms with E-state index in [0.29, 0.717) is 0 Å². The van der Waals surface area contributed by atoms with Crippen LogP contribution < -0.4 is 5.32 Å². The molecule has 0 atom stereocenters. The molecule has 1 aromatic heterocycles. The van der Waals surface area contributed by atoms with Crippen LogP contribution in [-0.2, 0) is 11.3 Å². The number of benzene rings is 1. The van der Waals surface area contributed by atoms with Crippen molar-refractivity contribution in [3.05, 3.63) is 57.9 Å². The molecule has 0 fully saturated rings. The van der Waals surface area contributed by atoms with E-state index in [4.69, 9.17) is 0 Å². The van der Waals surface area contributed by atoms with Gasteiger partial charge in [0.25, 0.3) is 5.91 Å². The van der Waals surface area contributed by atoms with Gasteiger partial charge in [0.15, 0.2) is 0 Å². The Morgan fingerprint density at radius 1 is 1.25 bits per heavy atom. The summed E-state index contributed by atoms with van der Waals surface area (Å²) in [6.45, 7) is 10.9. The molecule has 1 amide bonds. The minimum atomic E-state index is -0.384. The lowest BCUT2D eigenvalue weighted by Gasteiger charge is -2.08. The van der Waals surface area contributed by atoms with E-state index in [9.17, 15) is 10.1 Å². The molecular formula is C20H23N3O. The third-order valence-electron chi connectivity index (χ3n) is 4.22. The number of aromatic nitrogens is 1. The first-order valence-corrected chi connectivity index (χ1v) is 8.04. The van der Waals surface area contributed by atoms with E-state index >= 15 is 0 Å². The molecule has 0 radical (unpaired) electrons. The van der Waals surface area contributed by atoms with Gasteiger partial charge in [-0.2, -0.15) is 5.26 Å². The van der Waals surface area contributed by atoms with Crippen molar-refractivity contribution in [3.63, 3.8) is 0 Å². The van der Waals surface area contributed by atoms with Crippen molar-refractivity contribution in [2.75, 3.05) is 5.32 Å². The smallest absolute Gasteiger partial charge is 0.266 e. The molecule has 124 valence electrons. The molecule has 1 heterocycles. The Balaban J connectivity index is 2.31. The number of aryl methyl sites for hydroxylation is 3. The number of nitrogens with zero attached hydrogens (tertiary/aromatic N) is 2. The van der Waals surface area contributed by atoms with E-state index in [1.165, 1.54) is 0 Å². The molecule has 0 saturated carbocycles. The van der Waals surface area contributed by atoms with Crippen LogP contribution in [-0.4, -0.2) is 10.5 Å². The summed E-state index contributed by atoms with van der Waals surface area (Å²) >= 11 is 0. The summed E-state index contributed by atoms with van der Waals surface area (Å²) in [7, 11) is 0. The highest BCUT2D eigenvalue weighted by Gasteiger charge is 2.13. The highest BCUT2D eigenvalue weighted by molar-refractivity contribution is 6.10. The second-order valence-corrected chi connectivity index (χ2v) is 6.01. The number of nitrogens with one attached hydrogen (secondary N) is 1. The largest absolute Gasteiger partial charge is 0.349 e. The van der Waals surface area contributed by atoms with Crippen molar-refractivity contribution in [2.24, 2.45) is 0 Å². The molecule has 1 aromatic carbocycles. The topological polar surface area (TPSA) is 57.8 Å². The summed E-state index contributed by atoms with van der Waals surface area (Å²) in [4.78, 5) is 12.4. The fourth-order valence-electron chi connectivity index (χ4n) is 2.91. The van der Waals surface area contributed by atoms with Gasteiger partial charge in [-0.05, 0) is 64.0 Å². The second-order valence-electron chi connectivity index (χ2n) is 6.01. The van der Waals surface area contributed by atoms with Gasteiger partial charge in [-0.3, -0.25) is 4.79 Å². The lowest BCUT2D eigenvalue weighted by molar-refractivity contribution is -0.112. The Morgan fingerprint density at radius 2 is 1.96 bits per heavy atom. The Hall–Kier alpha value is -2.80. The average molecular weight is 321 g/mol. The summed E-state index contributed by atoms with van der Waals surface area (Å²) in [6, 6.07) is 9.82. The van der Waals surface area contributed by atoms with Crippen molar-refractivity contribution in [2.45, 2.75) is 41.2 Å². The zero-order valence-electron chi connectivity index (χ0n) is 14.9. The van der Waals surface area contributed by atoms with Gasteiger partial charge in [-0.15, -0.1) is 0 Å². The van der Waals surface area contributed by atoms with Crippen molar-refractivity contribution in [1.82, 2.24) is 4.57 Å². The monoisotopic (exact) mass is 321 g/mol. The van der Waals surface area contributed by atoms with Crippen LogP contribution >= 0.6 is 0 Å². The summed E-state index contributed by atoms with van der Waals surface area (Å²) < 4.78 is 2.16. The van der Waals surface area contributed by atoms with E-state index in [2.05, 4.69) is 16.8 Å². The maximum atomic E-state index is 12.4. The molecule has 0 aliphatic rings. The Bertz CT molecular complexity index is 850. The van der Waals surface area contributed by atoms with Crippen LogP contribution in [0.25, 0.3) is 6.08 Å². The van der Waals surface area contributed by atoms with E-state index in [1.807, 2.05) is 58.0 Å². The molecule has 4 nitrogen and oxygen atoms in total. The van der Waals surface area contributed by atoms with Gasteiger partial charge in [0.2, 0.25) is 0 Å². The highest BCUT2D eigenvalue weighted by Crippen LogP contribution is 2.20. The van der Waals surface area contributed by atoms with Crippen molar-refractivity contribution in [3.8, 4) is 6.07 Å². The molecule has 2 rings (SSSR count). The fourth-order valence-corrected chi connectivity index (χ4v) is 2.91. The van der Waals surface area contributed by atoms with Crippen LogP contribution in [0, 0.1) is 39.0 Å². The van der Waals surface area contributed by atoms with Crippen molar-refractivity contribution < 1.29 is 4.79 Å². The van der Waals surface area contributed by atoms with Crippen LogP contribution in [0.3, 0.4) is 0 Å². The van der Waals surface area contributed by atoms with Gasteiger partial charge >= 0.3 is 0 Å². The van der Waals surface area contributed by atoms with E-state index < -0.39 is 0 Å². The van der Waals surface area contributed by atoms with E-state index in [1.54, 1.807) is 6.08 Å². The number of amides is 1. The molecule has 0 spiro atoms. The molecule has 0 aliphatic carbocycles. The molecule has 24 heavy (non-hydrogen) atoms. The first-order chi connectivity index (χ1) is 11.4. The minimum Gasteiger partial charge on any atom is -0.349 e. The van der Waals surface area contributed by atoms with Crippen LogP contribution in [0.15, 0.2) is 29.8 Å². The third kappa shape index (κ3) is 3.57. The summed E-state index contributed by atoms with van der Waals surface area (Å²) in [5, 5.41) is 12.2. The van der Waals surface area contributed by atoms with Crippen LogP contribution in [0.2, 0.25) is 0 Å². The summed E-state index contributed by atoms with van der Waals surface area (Å²) in [5.74, 6) is -0.384. The maximum Gasteiger partial charge on any atom is 0.266 e. The van der Waals surface area contributed by atoms with Crippen molar-refractivity contribution in [1.29, 1.82) is 5.26 Å². The van der Waals surface area contributed by atoms with Crippen LogP contribution in [0.1, 0.15) is 35.0 Å². The number of nitriles is 1. The molecule has 0 unspecified atom stereocenters. The zero-order chi connectivity index (χ0) is 17.9. The minimum absolute atomic E-state index is 0.103. The second kappa shape index (κ2) is 7.18. The van der Waals surface area contributed by atoms with Gasteiger partial charge in [-0.1, -0.05) is 17.7 Å². The number of hydrogen-bond acceptors (Lipinski definition) is 2. The standard InChI is InChI=1S/C20H23N3O/c1-6-23-15(4)10-17(16(23)5)11-18(12-21)20(24)22-19-8-7-13(2)9-14(19)3/h7-11H,6H2,1-5H3,(H,22,24)/b18-11-. The highest BCUT2D eigenvalue weighted by atomic mass is 16.1. The zero-order valence-corrected chi connectivity index (χ0v) is 14.9.